The largest absolute Gasteiger partial charge is 0.389 e. The minimum atomic E-state index is -0.471. The van der Waals surface area contributed by atoms with E-state index in [1.54, 1.807) is 0 Å². The van der Waals surface area contributed by atoms with E-state index in [0.29, 0.717) is 5.92 Å². The van der Waals surface area contributed by atoms with Crippen molar-refractivity contribution in [2.75, 3.05) is 18.1 Å². The lowest BCUT2D eigenvalue weighted by Crippen LogP contribution is -2.59. The Morgan fingerprint density at radius 3 is 2.53 bits per heavy atom. The summed E-state index contributed by atoms with van der Waals surface area (Å²) >= 11 is 2.03. The van der Waals surface area contributed by atoms with Crippen LogP contribution >= 0.6 is 11.8 Å². The van der Waals surface area contributed by atoms with E-state index in [2.05, 4.69) is 0 Å². The predicted molar refractivity (Wildman–Crippen MR) is 70.1 cm³/mol. The maximum absolute atomic E-state index is 10.6. The summed E-state index contributed by atoms with van der Waals surface area (Å²) < 4.78 is 6.07. The first-order valence-corrected chi connectivity index (χ1v) is 7.97. The van der Waals surface area contributed by atoms with Crippen LogP contribution in [0.4, 0.5) is 0 Å². The van der Waals surface area contributed by atoms with Gasteiger partial charge in [0.15, 0.2) is 0 Å². The molecule has 2 saturated heterocycles. The third-order valence-corrected chi connectivity index (χ3v) is 5.87. The molecule has 4 heteroatoms. The van der Waals surface area contributed by atoms with E-state index in [1.165, 1.54) is 11.5 Å². The van der Waals surface area contributed by atoms with Crippen molar-refractivity contribution in [2.45, 2.75) is 55.8 Å². The van der Waals surface area contributed by atoms with Gasteiger partial charge >= 0.3 is 0 Å². The number of thioether (sulfide) groups is 1. The van der Waals surface area contributed by atoms with Gasteiger partial charge in [0.25, 0.3) is 0 Å². The molecule has 0 radical (unpaired) electrons. The lowest BCUT2D eigenvalue weighted by Gasteiger charge is -2.53. The second kappa shape index (κ2) is 4.41. The van der Waals surface area contributed by atoms with Crippen LogP contribution in [0.3, 0.4) is 0 Å². The summed E-state index contributed by atoms with van der Waals surface area (Å²) in [6.45, 7) is 0.826. The molecule has 3 fully saturated rings. The zero-order valence-electron chi connectivity index (χ0n) is 10.4. The van der Waals surface area contributed by atoms with Gasteiger partial charge in [-0.15, -0.1) is 0 Å². The molecule has 3 nitrogen and oxygen atoms in total. The van der Waals surface area contributed by atoms with E-state index in [4.69, 9.17) is 10.5 Å². The van der Waals surface area contributed by atoms with Gasteiger partial charge in [0.05, 0.1) is 11.2 Å². The number of hydrogen-bond acceptors (Lipinski definition) is 4. The SMILES string of the molecule is NC1CC(O)(C2CCOC3(CCSCC3)C2)C1. The van der Waals surface area contributed by atoms with Gasteiger partial charge < -0.3 is 15.6 Å². The molecule has 2 heterocycles. The molecule has 1 atom stereocenters. The maximum atomic E-state index is 10.6. The zero-order valence-corrected chi connectivity index (χ0v) is 11.2. The highest BCUT2D eigenvalue weighted by Gasteiger charge is 2.51. The first kappa shape index (κ1) is 12.3. The van der Waals surface area contributed by atoms with Crippen molar-refractivity contribution >= 4 is 11.8 Å². The van der Waals surface area contributed by atoms with Gasteiger partial charge in [-0.3, -0.25) is 0 Å². The average Bonchev–Trinajstić information content (AvgIpc) is 2.28. The van der Waals surface area contributed by atoms with Gasteiger partial charge in [-0.2, -0.15) is 11.8 Å². The van der Waals surface area contributed by atoms with Crippen molar-refractivity contribution in [3.05, 3.63) is 0 Å². The molecule has 1 spiro atoms. The highest BCUT2D eigenvalue weighted by atomic mass is 32.2. The van der Waals surface area contributed by atoms with Gasteiger partial charge in [-0.1, -0.05) is 0 Å². The second-order valence-corrected chi connectivity index (χ2v) is 7.33. The molecule has 0 bridgehead atoms. The molecule has 0 aromatic rings. The molecule has 0 aromatic carbocycles. The summed E-state index contributed by atoms with van der Waals surface area (Å²) in [5.41, 5.74) is 5.45. The molecule has 3 rings (SSSR count). The molecule has 0 aromatic heterocycles. The normalized spacial score (nSPS) is 45.5. The maximum Gasteiger partial charge on any atom is 0.0707 e. The Balaban J connectivity index is 1.67. The second-order valence-electron chi connectivity index (χ2n) is 6.11. The molecule has 2 aliphatic heterocycles. The van der Waals surface area contributed by atoms with E-state index >= 15 is 0 Å². The third kappa shape index (κ3) is 2.25. The Kier molecular flexibility index (Phi) is 3.18. The minimum absolute atomic E-state index is 0.0869. The number of nitrogens with two attached hydrogens (primary N) is 1. The highest BCUT2D eigenvalue weighted by molar-refractivity contribution is 7.99. The fourth-order valence-corrected chi connectivity index (χ4v) is 5.00. The van der Waals surface area contributed by atoms with Crippen LogP contribution in [0.25, 0.3) is 0 Å². The summed E-state index contributed by atoms with van der Waals surface area (Å²) in [5.74, 6) is 2.84. The van der Waals surface area contributed by atoms with Gasteiger partial charge in [0.1, 0.15) is 0 Å². The molecule has 98 valence electrons. The van der Waals surface area contributed by atoms with Gasteiger partial charge in [-0.25, -0.2) is 0 Å². The molecule has 1 saturated carbocycles. The van der Waals surface area contributed by atoms with E-state index < -0.39 is 5.60 Å². The van der Waals surface area contributed by atoms with Crippen molar-refractivity contribution in [3.63, 3.8) is 0 Å². The van der Waals surface area contributed by atoms with E-state index in [-0.39, 0.29) is 11.6 Å². The van der Waals surface area contributed by atoms with Crippen molar-refractivity contribution in [1.82, 2.24) is 0 Å². The Morgan fingerprint density at radius 1 is 1.18 bits per heavy atom. The first-order valence-electron chi connectivity index (χ1n) is 6.82. The summed E-state index contributed by atoms with van der Waals surface area (Å²) in [4.78, 5) is 0. The van der Waals surface area contributed by atoms with E-state index in [0.717, 1.165) is 45.1 Å². The molecule has 1 unspecified atom stereocenters. The van der Waals surface area contributed by atoms with Crippen LogP contribution in [0.5, 0.6) is 0 Å². The molecule has 1 aliphatic carbocycles. The van der Waals surface area contributed by atoms with Crippen LogP contribution in [0.1, 0.15) is 38.5 Å². The third-order valence-electron chi connectivity index (χ3n) is 4.89. The smallest absolute Gasteiger partial charge is 0.0707 e. The van der Waals surface area contributed by atoms with Crippen molar-refractivity contribution < 1.29 is 9.84 Å². The van der Waals surface area contributed by atoms with Gasteiger partial charge in [0, 0.05) is 12.6 Å². The Bertz CT molecular complexity index is 280. The number of hydrogen-bond donors (Lipinski definition) is 2. The van der Waals surface area contributed by atoms with Crippen LogP contribution in [-0.4, -0.2) is 40.5 Å². The molecule has 3 aliphatic rings. The zero-order chi connectivity index (χ0) is 11.9. The topological polar surface area (TPSA) is 55.5 Å². The lowest BCUT2D eigenvalue weighted by molar-refractivity contribution is -0.172. The summed E-state index contributed by atoms with van der Waals surface area (Å²) in [7, 11) is 0. The summed E-state index contributed by atoms with van der Waals surface area (Å²) in [5, 5.41) is 10.6. The quantitative estimate of drug-likeness (QED) is 0.748. The van der Waals surface area contributed by atoms with E-state index in [1.807, 2.05) is 11.8 Å². The van der Waals surface area contributed by atoms with Crippen molar-refractivity contribution in [1.29, 1.82) is 0 Å². The van der Waals surface area contributed by atoms with Gasteiger partial charge in [0.2, 0.25) is 0 Å². The highest BCUT2D eigenvalue weighted by Crippen LogP contribution is 2.48. The lowest BCUT2D eigenvalue weighted by atomic mass is 9.63. The first-order chi connectivity index (χ1) is 8.12. The summed E-state index contributed by atoms with van der Waals surface area (Å²) in [6.07, 6.45) is 5.98. The standard InChI is InChI=1S/C13H23NO2S/c14-11-8-13(15,9-11)10-1-4-16-12(7-10)2-5-17-6-3-12/h10-11,15H,1-9,14H2. The van der Waals surface area contributed by atoms with Gasteiger partial charge in [-0.05, 0) is 55.9 Å². The Hall–Kier alpha value is 0.230. The Labute approximate surface area is 107 Å². The van der Waals surface area contributed by atoms with Crippen LogP contribution in [0, 0.1) is 5.92 Å². The Morgan fingerprint density at radius 2 is 1.88 bits per heavy atom. The van der Waals surface area contributed by atoms with E-state index in [9.17, 15) is 5.11 Å². The van der Waals surface area contributed by atoms with Crippen molar-refractivity contribution in [3.8, 4) is 0 Å². The fourth-order valence-electron chi connectivity index (χ4n) is 3.76. The summed E-state index contributed by atoms with van der Waals surface area (Å²) in [6, 6.07) is 0.223. The predicted octanol–water partition coefficient (Wildman–Crippen LogP) is 1.53. The fraction of sp³-hybridized carbons (Fsp3) is 1.00. The molecular weight excluding hydrogens is 234 g/mol. The molecule has 0 amide bonds. The van der Waals surface area contributed by atoms with Crippen LogP contribution < -0.4 is 5.73 Å². The van der Waals surface area contributed by atoms with Crippen molar-refractivity contribution in [2.24, 2.45) is 11.7 Å². The monoisotopic (exact) mass is 257 g/mol. The van der Waals surface area contributed by atoms with Crippen LogP contribution in [-0.2, 0) is 4.74 Å². The molecule has 17 heavy (non-hydrogen) atoms. The average molecular weight is 257 g/mol. The van der Waals surface area contributed by atoms with Crippen LogP contribution in [0.2, 0.25) is 0 Å². The number of rotatable bonds is 1. The molecule has 3 N–H and O–H groups in total. The number of ether oxygens (including phenoxy) is 1. The number of aliphatic hydroxyl groups is 1. The minimum Gasteiger partial charge on any atom is -0.389 e. The van der Waals surface area contributed by atoms with Crippen LogP contribution in [0.15, 0.2) is 0 Å². The molecular formula is C13H23NO2S.